The third kappa shape index (κ3) is 2.40. The molecule has 0 heterocycles. The molecule has 6 heteroatoms. The minimum absolute atomic E-state index is 0.134. The van der Waals surface area contributed by atoms with Crippen LogP contribution in [0.2, 0.25) is 5.02 Å². The van der Waals surface area contributed by atoms with E-state index in [2.05, 4.69) is 5.32 Å². The van der Waals surface area contributed by atoms with E-state index in [1.54, 1.807) is 0 Å². The van der Waals surface area contributed by atoms with Gasteiger partial charge in [0.25, 0.3) is 5.91 Å². The molecule has 1 aromatic rings. The van der Waals surface area contributed by atoms with Gasteiger partial charge in [0.15, 0.2) is 11.6 Å². The molecular weight excluding hydrogens is 252 g/mol. The number of amides is 1. The second-order valence-electron chi connectivity index (χ2n) is 4.14. The molecule has 2 rings (SSSR count). The van der Waals surface area contributed by atoms with E-state index in [1.807, 2.05) is 0 Å². The first-order valence-electron chi connectivity index (χ1n) is 5.05. The van der Waals surface area contributed by atoms with E-state index in [0.717, 1.165) is 12.1 Å². The molecule has 0 aromatic heterocycles. The maximum Gasteiger partial charge on any atom is 0.253 e. The van der Waals surface area contributed by atoms with Crippen LogP contribution in [0.25, 0.3) is 0 Å². The highest BCUT2D eigenvalue weighted by Crippen LogP contribution is 2.35. The lowest BCUT2D eigenvalue weighted by molar-refractivity contribution is 0.0906. The number of benzene rings is 1. The maximum absolute atomic E-state index is 13.0. The molecule has 0 spiro atoms. The second-order valence-corrected chi connectivity index (χ2v) is 4.55. The van der Waals surface area contributed by atoms with Crippen LogP contribution in [0.3, 0.4) is 0 Å². The summed E-state index contributed by atoms with van der Waals surface area (Å²) in [7, 11) is 0. The van der Waals surface area contributed by atoms with Crippen molar-refractivity contribution in [3.8, 4) is 0 Å². The number of hydrogen-bond donors (Lipinski definition) is 2. The maximum atomic E-state index is 13.0. The standard InChI is InChI=1S/C11H10ClF2NO2/c12-7-4-9(14)8(13)3-6(7)10(17)15-11(5-16)1-2-11/h3-4,16H,1-2,5H2,(H,15,17). The quantitative estimate of drug-likeness (QED) is 0.816. The molecule has 1 aromatic carbocycles. The van der Waals surface area contributed by atoms with Crippen LogP contribution in [0.4, 0.5) is 8.78 Å². The largest absolute Gasteiger partial charge is 0.394 e. The van der Waals surface area contributed by atoms with Crippen molar-refractivity contribution in [1.29, 1.82) is 0 Å². The van der Waals surface area contributed by atoms with Crippen molar-refractivity contribution in [1.82, 2.24) is 5.32 Å². The topological polar surface area (TPSA) is 49.3 Å². The Hall–Kier alpha value is -1.20. The number of halogens is 3. The van der Waals surface area contributed by atoms with Crippen LogP contribution in [-0.2, 0) is 0 Å². The molecule has 0 aliphatic heterocycles. The van der Waals surface area contributed by atoms with Crippen LogP contribution in [0, 0.1) is 11.6 Å². The van der Waals surface area contributed by atoms with Crippen molar-refractivity contribution in [3.05, 3.63) is 34.4 Å². The minimum Gasteiger partial charge on any atom is -0.394 e. The fourth-order valence-corrected chi connectivity index (χ4v) is 1.71. The average molecular weight is 262 g/mol. The zero-order valence-electron chi connectivity index (χ0n) is 8.77. The number of aliphatic hydroxyl groups is 1. The van der Waals surface area contributed by atoms with Crippen molar-refractivity contribution < 1.29 is 18.7 Å². The Morgan fingerprint density at radius 1 is 1.41 bits per heavy atom. The van der Waals surface area contributed by atoms with Crippen molar-refractivity contribution in [2.45, 2.75) is 18.4 Å². The summed E-state index contributed by atoms with van der Waals surface area (Å²) in [5, 5.41) is 11.4. The minimum atomic E-state index is -1.13. The summed E-state index contributed by atoms with van der Waals surface area (Å²) in [5.74, 6) is -2.84. The highest BCUT2D eigenvalue weighted by molar-refractivity contribution is 6.33. The predicted molar refractivity (Wildman–Crippen MR) is 57.9 cm³/mol. The van der Waals surface area contributed by atoms with Gasteiger partial charge in [0.1, 0.15) is 0 Å². The molecule has 1 fully saturated rings. The van der Waals surface area contributed by atoms with Crippen LogP contribution >= 0.6 is 11.6 Å². The highest BCUT2D eigenvalue weighted by atomic mass is 35.5. The third-order valence-corrected chi connectivity index (χ3v) is 3.10. The van der Waals surface area contributed by atoms with Crippen molar-refractivity contribution in [2.24, 2.45) is 0 Å². The van der Waals surface area contributed by atoms with Crippen LogP contribution in [0.5, 0.6) is 0 Å². The molecule has 0 atom stereocenters. The van der Waals surface area contributed by atoms with Gasteiger partial charge in [-0.1, -0.05) is 11.6 Å². The van der Waals surface area contributed by atoms with Crippen LogP contribution in [0.15, 0.2) is 12.1 Å². The Balaban J connectivity index is 2.22. The molecule has 0 bridgehead atoms. The van der Waals surface area contributed by atoms with Crippen molar-refractivity contribution >= 4 is 17.5 Å². The Morgan fingerprint density at radius 3 is 2.53 bits per heavy atom. The lowest BCUT2D eigenvalue weighted by atomic mass is 10.1. The smallest absolute Gasteiger partial charge is 0.253 e. The Labute approximate surface area is 101 Å². The first kappa shape index (κ1) is 12.3. The van der Waals surface area contributed by atoms with Crippen LogP contribution in [0.1, 0.15) is 23.2 Å². The molecule has 1 amide bonds. The number of carbonyl (C=O) groups is 1. The Morgan fingerprint density at radius 2 is 2.00 bits per heavy atom. The van der Waals surface area contributed by atoms with E-state index in [-0.39, 0.29) is 17.2 Å². The van der Waals surface area contributed by atoms with Gasteiger partial charge >= 0.3 is 0 Å². The number of hydrogen-bond acceptors (Lipinski definition) is 2. The molecule has 92 valence electrons. The van der Waals surface area contributed by atoms with Gasteiger partial charge in [-0.3, -0.25) is 4.79 Å². The monoisotopic (exact) mass is 261 g/mol. The SMILES string of the molecule is O=C(NC1(CO)CC1)c1cc(F)c(F)cc1Cl. The highest BCUT2D eigenvalue weighted by Gasteiger charge is 2.43. The molecule has 0 unspecified atom stereocenters. The van der Waals surface area contributed by atoms with E-state index >= 15 is 0 Å². The summed E-state index contributed by atoms with van der Waals surface area (Å²) in [6, 6.07) is 1.50. The van der Waals surface area contributed by atoms with E-state index in [4.69, 9.17) is 16.7 Å². The van der Waals surface area contributed by atoms with Crippen molar-refractivity contribution in [3.63, 3.8) is 0 Å². The van der Waals surface area contributed by atoms with Gasteiger partial charge in [0.2, 0.25) is 0 Å². The first-order valence-corrected chi connectivity index (χ1v) is 5.43. The van der Waals surface area contributed by atoms with Gasteiger partial charge in [-0.2, -0.15) is 0 Å². The molecule has 17 heavy (non-hydrogen) atoms. The fraction of sp³-hybridized carbons (Fsp3) is 0.364. The third-order valence-electron chi connectivity index (χ3n) is 2.79. The molecule has 0 saturated heterocycles. The van der Waals surface area contributed by atoms with Gasteiger partial charge in [-0.05, 0) is 25.0 Å². The molecule has 2 N–H and O–H groups in total. The average Bonchev–Trinajstić information content (AvgIpc) is 3.04. The lowest BCUT2D eigenvalue weighted by Crippen LogP contribution is -2.39. The molecule has 0 radical (unpaired) electrons. The summed E-state index contributed by atoms with van der Waals surface area (Å²) in [5.41, 5.74) is -0.754. The lowest BCUT2D eigenvalue weighted by Gasteiger charge is -2.14. The first-order chi connectivity index (χ1) is 7.97. The molecule has 3 nitrogen and oxygen atoms in total. The number of carbonyl (C=O) groups excluding carboxylic acids is 1. The Kier molecular flexibility index (Phi) is 3.05. The van der Waals surface area contributed by atoms with E-state index in [1.165, 1.54) is 0 Å². The molecular formula is C11H10ClF2NO2. The number of nitrogens with one attached hydrogen (secondary N) is 1. The van der Waals surface area contributed by atoms with E-state index < -0.39 is 23.1 Å². The van der Waals surface area contributed by atoms with Gasteiger partial charge in [0, 0.05) is 0 Å². The second kappa shape index (κ2) is 4.23. The molecule has 1 saturated carbocycles. The van der Waals surface area contributed by atoms with Crippen molar-refractivity contribution in [2.75, 3.05) is 6.61 Å². The zero-order valence-corrected chi connectivity index (χ0v) is 9.52. The zero-order chi connectivity index (χ0) is 12.6. The molecule has 1 aliphatic carbocycles. The summed E-state index contributed by atoms with van der Waals surface area (Å²) < 4.78 is 25.8. The number of aliphatic hydroxyl groups excluding tert-OH is 1. The summed E-state index contributed by atoms with van der Waals surface area (Å²) in [4.78, 5) is 11.7. The normalized spacial score (nSPS) is 16.7. The van der Waals surface area contributed by atoms with Crippen LogP contribution < -0.4 is 5.32 Å². The van der Waals surface area contributed by atoms with Gasteiger partial charge in [-0.15, -0.1) is 0 Å². The van der Waals surface area contributed by atoms with Gasteiger partial charge in [0.05, 0.1) is 22.7 Å². The fourth-order valence-electron chi connectivity index (χ4n) is 1.48. The van der Waals surface area contributed by atoms with Gasteiger partial charge < -0.3 is 10.4 Å². The summed E-state index contributed by atoms with van der Waals surface area (Å²) >= 11 is 5.66. The van der Waals surface area contributed by atoms with Crippen LogP contribution in [-0.4, -0.2) is 23.2 Å². The van der Waals surface area contributed by atoms with E-state index in [9.17, 15) is 13.6 Å². The predicted octanol–water partition coefficient (Wildman–Crippen LogP) is 1.87. The summed E-state index contributed by atoms with van der Waals surface area (Å²) in [6.45, 7) is -0.181. The molecule has 1 aliphatic rings. The van der Waals surface area contributed by atoms with E-state index in [0.29, 0.717) is 12.8 Å². The summed E-state index contributed by atoms with van der Waals surface area (Å²) in [6.07, 6.45) is 1.33. The van der Waals surface area contributed by atoms with Gasteiger partial charge in [-0.25, -0.2) is 8.78 Å². The number of rotatable bonds is 3. The Bertz CT molecular complexity index is 475.